The van der Waals surface area contributed by atoms with Gasteiger partial charge in [0.1, 0.15) is 6.61 Å². The van der Waals surface area contributed by atoms with Crippen LogP contribution in [0.5, 0.6) is 0 Å². The number of nitrogens with two attached hydrogens (primary N) is 1. The number of nitrogens with zero attached hydrogens (tertiary/aromatic N) is 1. The molecule has 19 heavy (non-hydrogen) atoms. The number of anilines is 1. The zero-order valence-electron chi connectivity index (χ0n) is 11.6. The Kier molecular flexibility index (Phi) is 6.92. The first-order valence-electron chi connectivity index (χ1n) is 6.36. The van der Waals surface area contributed by atoms with Crippen molar-refractivity contribution in [2.75, 3.05) is 39.2 Å². The van der Waals surface area contributed by atoms with Gasteiger partial charge in [0.2, 0.25) is 5.91 Å². The highest BCUT2D eigenvalue weighted by Gasteiger charge is 2.13. The molecule has 1 aromatic rings. The molecule has 0 radical (unpaired) electrons. The summed E-state index contributed by atoms with van der Waals surface area (Å²) >= 11 is 0. The van der Waals surface area contributed by atoms with Crippen molar-refractivity contribution in [2.45, 2.75) is 13.5 Å². The lowest BCUT2D eigenvalue weighted by molar-refractivity contribution is -0.137. The second kappa shape index (κ2) is 8.50. The minimum Gasteiger partial charge on any atom is -0.398 e. The lowest BCUT2D eigenvalue weighted by Crippen LogP contribution is -2.34. The molecule has 0 aromatic heterocycles. The molecule has 0 bridgehead atoms. The van der Waals surface area contributed by atoms with Crippen LogP contribution in [0.1, 0.15) is 12.5 Å². The molecule has 0 aliphatic heterocycles. The summed E-state index contributed by atoms with van der Waals surface area (Å²) in [6.07, 6.45) is 0. The van der Waals surface area contributed by atoms with Crippen LogP contribution in [0.25, 0.3) is 0 Å². The van der Waals surface area contributed by atoms with E-state index in [1.807, 2.05) is 31.2 Å². The highest BCUT2D eigenvalue weighted by molar-refractivity contribution is 5.77. The molecule has 0 spiro atoms. The maximum Gasteiger partial charge on any atom is 0.248 e. The molecule has 0 saturated heterocycles. The van der Waals surface area contributed by atoms with Gasteiger partial charge in [0.05, 0.1) is 13.2 Å². The lowest BCUT2D eigenvalue weighted by Gasteiger charge is -2.21. The topological polar surface area (TPSA) is 64.8 Å². The molecule has 1 amide bonds. The van der Waals surface area contributed by atoms with Gasteiger partial charge < -0.3 is 20.1 Å². The van der Waals surface area contributed by atoms with Crippen LogP contribution in [-0.4, -0.2) is 44.3 Å². The third-order valence-electron chi connectivity index (χ3n) is 2.81. The lowest BCUT2D eigenvalue weighted by atomic mass is 10.1. The molecule has 0 saturated carbocycles. The molecule has 0 fully saturated rings. The first-order valence-corrected chi connectivity index (χ1v) is 6.36. The maximum absolute atomic E-state index is 12.0. The fourth-order valence-electron chi connectivity index (χ4n) is 1.65. The van der Waals surface area contributed by atoms with Gasteiger partial charge in [-0.2, -0.15) is 0 Å². The van der Waals surface area contributed by atoms with Gasteiger partial charge in [-0.05, 0) is 18.6 Å². The second-order valence-corrected chi connectivity index (χ2v) is 4.15. The molecular formula is C14H22N2O3. The average Bonchev–Trinajstić information content (AvgIpc) is 2.42. The number of rotatable bonds is 8. The second-order valence-electron chi connectivity index (χ2n) is 4.15. The number of methoxy groups -OCH3 is 1. The quantitative estimate of drug-likeness (QED) is 0.568. The summed E-state index contributed by atoms with van der Waals surface area (Å²) in [5.41, 5.74) is 7.53. The summed E-state index contributed by atoms with van der Waals surface area (Å²) in [4.78, 5) is 13.7. The van der Waals surface area contributed by atoms with Crippen molar-refractivity contribution in [1.82, 2.24) is 4.90 Å². The van der Waals surface area contributed by atoms with Gasteiger partial charge >= 0.3 is 0 Å². The van der Waals surface area contributed by atoms with Crippen molar-refractivity contribution in [3.05, 3.63) is 29.8 Å². The molecule has 0 aliphatic carbocycles. The van der Waals surface area contributed by atoms with E-state index in [1.54, 1.807) is 12.0 Å². The number of ether oxygens (including phenoxy) is 2. The van der Waals surface area contributed by atoms with E-state index in [4.69, 9.17) is 15.2 Å². The summed E-state index contributed by atoms with van der Waals surface area (Å²) in [7, 11) is 1.60. The molecule has 0 aliphatic rings. The van der Waals surface area contributed by atoms with Crippen molar-refractivity contribution in [3.8, 4) is 0 Å². The average molecular weight is 266 g/mol. The van der Waals surface area contributed by atoms with Crippen LogP contribution >= 0.6 is 0 Å². The van der Waals surface area contributed by atoms with Gasteiger partial charge in [-0.25, -0.2) is 0 Å². The number of benzene rings is 1. The Morgan fingerprint density at radius 3 is 2.68 bits per heavy atom. The molecule has 106 valence electrons. The monoisotopic (exact) mass is 266 g/mol. The van der Waals surface area contributed by atoms with E-state index >= 15 is 0 Å². The van der Waals surface area contributed by atoms with Gasteiger partial charge in [-0.1, -0.05) is 18.2 Å². The Bertz CT molecular complexity index is 396. The normalized spacial score (nSPS) is 10.4. The first kappa shape index (κ1) is 15.5. The van der Waals surface area contributed by atoms with Crippen LogP contribution in [0.4, 0.5) is 5.69 Å². The molecule has 1 aromatic carbocycles. The third kappa shape index (κ3) is 5.28. The molecule has 5 heteroatoms. The van der Waals surface area contributed by atoms with Crippen molar-refractivity contribution in [3.63, 3.8) is 0 Å². The summed E-state index contributed by atoms with van der Waals surface area (Å²) in [6.45, 7) is 4.06. The minimum absolute atomic E-state index is 0.0399. The Morgan fingerprint density at radius 1 is 1.32 bits per heavy atom. The summed E-state index contributed by atoms with van der Waals surface area (Å²) in [5.74, 6) is -0.0399. The standard InChI is InChI=1S/C14H22N2O3/c1-3-16(14(17)11-19-9-8-18-2)10-12-6-4-5-7-13(12)15/h4-7H,3,8-11,15H2,1-2H3. The van der Waals surface area contributed by atoms with Gasteiger partial charge in [0, 0.05) is 25.9 Å². The number of carbonyl (C=O) groups is 1. The van der Waals surface area contributed by atoms with E-state index in [0.717, 1.165) is 5.56 Å². The zero-order chi connectivity index (χ0) is 14.1. The molecule has 1 rings (SSSR count). The first-order chi connectivity index (χ1) is 9.19. The number of amides is 1. The predicted octanol–water partition coefficient (Wildman–Crippen LogP) is 1.28. The summed E-state index contributed by atoms with van der Waals surface area (Å²) in [5, 5.41) is 0. The van der Waals surface area contributed by atoms with Crippen molar-refractivity contribution in [2.24, 2.45) is 0 Å². The van der Waals surface area contributed by atoms with Crippen LogP contribution in [0, 0.1) is 0 Å². The van der Waals surface area contributed by atoms with E-state index in [-0.39, 0.29) is 12.5 Å². The van der Waals surface area contributed by atoms with Crippen LogP contribution in [-0.2, 0) is 20.8 Å². The number of carbonyl (C=O) groups excluding carboxylic acids is 1. The number of likely N-dealkylation sites (N-methyl/N-ethyl adjacent to an activating group) is 1. The van der Waals surface area contributed by atoms with Crippen LogP contribution in [0.2, 0.25) is 0 Å². The summed E-state index contributed by atoms with van der Waals surface area (Å²) in [6, 6.07) is 7.56. The molecule has 0 heterocycles. The Balaban J connectivity index is 2.48. The molecule has 2 N–H and O–H groups in total. The number of nitrogen functional groups attached to an aromatic ring is 1. The van der Waals surface area contributed by atoms with Gasteiger partial charge in [-0.15, -0.1) is 0 Å². The molecule has 0 unspecified atom stereocenters. The van der Waals surface area contributed by atoms with Crippen LogP contribution in [0.3, 0.4) is 0 Å². The largest absolute Gasteiger partial charge is 0.398 e. The van der Waals surface area contributed by atoms with Crippen molar-refractivity contribution in [1.29, 1.82) is 0 Å². The number of hydrogen-bond acceptors (Lipinski definition) is 4. The van der Waals surface area contributed by atoms with E-state index in [2.05, 4.69) is 0 Å². The molecule has 5 nitrogen and oxygen atoms in total. The SMILES string of the molecule is CCN(Cc1ccccc1N)C(=O)COCCOC. The maximum atomic E-state index is 12.0. The Labute approximate surface area is 114 Å². The van der Waals surface area contributed by atoms with Crippen LogP contribution < -0.4 is 5.73 Å². The van der Waals surface area contributed by atoms with Gasteiger partial charge in [-0.3, -0.25) is 4.79 Å². The van der Waals surface area contributed by atoms with Gasteiger partial charge in [0.15, 0.2) is 0 Å². The van der Waals surface area contributed by atoms with Gasteiger partial charge in [0.25, 0.3) is 0 Å². The van der Waals surface area contributed by atoms with Crippen LogP contribution in [0.15, 0.2) is 24.3 Å². The predicted molar refractivity (Wildman–Crippen MR) is 74.6 cm³/mol. The minimum atomic E-state index is -0.0399. The van der Waals surface area contributed by atoms with E-state index in [9.17, 15) is 4.79 Å². The van der Waals surface area contributed by atoms with Crippen molar-refractivity contribution < 1.29 is 14.3 Å². The van der Waals surface area contributed by atoms with E-state index in [1.165, 1.54) is 0 Å². The zero-order valence-corrected chi connectivity index (χ0v) is 11.6. The smallest absolute Gasteiger partial charge is 0.248 e. The molecule has 0 atom stereocenters. The fraction of sp³-hybridized carbons (Fsp3) is 0.500. The van der Waals surface area contributed by atoms with Crippen molar-refractivity contribution >= 4 is 11.6 Å². The fourth-order valence-corrected chi connectivity index (χ4v) is 1.65. The Morgan fingerprint density at radius 2 is 2.05 bits per heavy atom. The van der Waals surface area contributed by atoms with E-state index in [0.29, 0.717) is 32.0 Å². The highest BCUT2D eigenvalue weighted by atomic mass is 16.5. The third-order valence-corrected chi connectivity index (χ3v) is 2.81. The number of hydrogen-bond donors (Lipinski definition) is 1. The Hall–Kier alpha value is -1.59. The number of para-hydroxylation sites is 1. The molecular weight excluding hydrogens is 244 g/mol. The summed E-state index contributed by atoms with van der Waals surface area (Å²) < 4.78 is 10.1. The van der Waals surface area contributed by atoms with E-state index < -0.39 is 0 Å². The highest BCUT2D eigenvalue weighted by Crippen LogP contribution is 2.13.